The van der Waals surface area contributed by atoms with Crippen molar-refractivity contribution in [3.63, 3.8) is 0 Å². The van der Waals surface area contributed by atoms with Crippen molar-refractivity contribution in [2.75, 3.05) is 7.11 Å². The molecule has 3 nitrogen and oxygen atoms in total. The summed E-state index contributed by atoms with van der Waals surface area (Å²) in [6, 6.07) is 10.7. The number of hydrogen-bond donors (Lipinski definition) is 1. The molecule has 1 aromatic carbocycles. The lowest BCUT2D eigenvalue weighted by atomic mass is 9.52. The second-order valence-corrected chi connectivity index (χ2v) is 7.81. The smallest absolute Gasteiger partial charge is 0.233 e. The standard InChI is InChI=1S/C21H27NO2/c1-3-19(24-14-15-7-5-4-6-8-15)22-20-17-9-16-10-18(20)13-21(11-16,12-17)23-2/h4-8,16-18,20,22H,1,9-14H2,2H3/t16?,17-,18+,20+,21-. The highest BCUT2D eigenvalue weighted by atomic mass is 16.5. The third kappa shape index (κ3) is 2.87. The van der Waals surface area contributed by atoms with Gasteiger partial charge < -0.3 is 14.8 Å². The van der Waals surface area contributed by atoms with E-state index in [9.17, 15) is 0 Å². The van der Waals surface area contributed by atoms with Gasteiger partial charge in [-0.25, -0.2) is 0 Å². The summed E-state index contributed by atoms with van der Waals surface area (Å²) in [6.45, 7) is 4.37. The fourth-order valence-electron chi connectivity index (χ4n) is 5.46. The van der Waals surface area contributed by atoms with Gasteiger partial charge in [-0.1, -0.05) is 42.6 Å². The molecular weight excluding hydrogens is 298 g/mol. The molecule has 0 amide bonds. The summed E-state index contributed by atoms with van der Waals surface area (Å²) >= 11 is 0. The summed E-state index contributed by atoms with van der Waals surface area (Å²) < 4.78 is 11.9. The number of ether oxygens (including phenoxy) is 2. The van der Waals surface area contributed by atoms with E-state index >= 15 is 0 Å². The average molecular weight is 325 g/mol. The molecule has 3 heteroatoms. The number of hydrogen-bond acceptors (Lipinski definition) is 3. The van der Waals surface area contributed by atoms with E-state index in [4.69, 9.17) is 9.47 Å². The number of methoxy groups -OCH3 is 1. The maximum Gasteiger partial charge on any atom is 0.233 e. The third-order valence-electron chi connectivity index (χ3n) is 6.33. The normalized spacial score (nSPS) is 36.2. The van der Waals surface area contributed by atoms with Gasteiger partial charge in [-0.2, -0.15) is 0 Å². The first-order valence-electron chi connectivity index (χ1n) is 9.10. The van der Waals surface area contributed by atoms with Gasteiger partial charge in [0.05, 0.1) is 5.60 Å². The van der Waals surface area contributed by atoms with Gasteiger partial charge >= 0.3 is 0 Å². The maximum atomic E-state index is 5.94. The van der Waals surface area contributed by atoms with Crippen LogP contribution in [0.5, 0.6) is 0 Å². The SMILES string of the molecule is C=C=C(N[C@H]1[C@@H]2CC3C[C@H]1C[C@@](OC)(C3)C2)OCc1ccccc1. The van der Waals surface area contributed by atoms with Gasteiger partial charge in [0.1, 0.15) is 6.61 Å². The summed E-state index contributed by atoms with van der Waals surface area (Å²) in [6.07, 6.45) is 6.26. The number of nitrogens with one attached hydrogen (secondary N) is 1. The van der Waals surface area contributed by atoms with E-state index < -0.39 is 0 Å². The first-order valence-corrected chi connectivity index (χ1v) is 9.10. The molecule has 1 unspecified atom stereocenters. The van der Waals surface area contributed by atoms with Crippen molar-refractivity contribution in [1.82, 2.24) is 5.32 Å². The molecule has 4 fully saturated rings. The van der Waals surface area contributed by atoms with Crippen LogP contribution >= 0.6 is 0 Å². The van der Waals surface area contributed by atoms with E-state index in [0.717, 1.165) is 11.5 Å². The molecule has 0 aliphatic heterocycles. The van der Waals surface area contributed by atoms with Crippen LogP contribution < -0.4 is 5.32 Å². The van der Waals surface area contributed by atoms with E-state index in [1.54, 1.807) is 0 Å². The summed E-state index contributed by atoms with van der Waals surface area (Å²) in [5.41, 5.74) is 4.27. The molecule has 5 rings (SSSR count). The zero-order valence-electron chi connectivity index (χ0n) is 14.5. The Kier molecular flexibility index (Phi) is 4.15. The molecule has 4 bridgehead atoms. The van der Waals surface area contributed by atoms with Gasteiger partial charge in [0.2, 0.25) is 5.88 Å². The van der Waals surface area contributed by atoms with Gasteiger partial charge in [0.15, 0.2) is 0 Å². The van der Waals surface area contributed by atoms with Crippen LogP contribution in [0.1, 0.15) is 37.7 Å². The molecule has 4 aliphatic carbocycles. The first-order chi connectivity index (χ1) is 11.7. The molecule has 5 atom stereocenters. The van der Waals surface area contributed by atoms with Crippen LogP contribution in [0.3, 0.4) is 0 Å². The second-order valence-electron chi connectivity index (χ2n) is 7.81. The zero-order chi connectivity index (χ0) is 16.6. The molecule has 0 spiro atoms. The van der Waals surface area contributed by atoms with Crippen LogP contribution in [0, 0.1) is 17.8 Å². The second kappa shape index (κ2) is 6.31. The fourth-order valence-corrected chi connectivity index (χ4v) is 5.46. The lowest BCUT2D eigenvalue weighted by Crippen LogP contribution is -2.61. The molecule has 1 aromatic rings. The Morgan fingerprint density at radius 2 is 1.92 bits per heavy atom. The predicted octanol–water partition coefficient (Wildman–Crippen LogP) is 4.01. The van der Waals surface area contributed by atoms with Gasteiger partial charge in [0, 0.05) is 13.2 Å². The largest absolute Gasteiger partial charge is 0.468 e. The summed E-state index contributed by atoms with van der Waals surface area (Å²) in [5.74, 6) is 2.91. The molecule has 0 radical (unpaired) electrons. The van der Waals surface area contributed by atoms with E-state index in [2.05, 4.69) is 29.8 Å². The van der Waals surface area contributed by atoms with Crippen LogP contribution in [0.4, 0.5) is 0 Å². The van der Waals surface area contributed by atoms with Crippen LogP contribution in [0.2, 0.25) is 0 Å². The Hall–Kier alpha value is -1.70. The Bertz CT molecular complexity index is 618. The Morgan fingerprint density at radius 1 is 1.21 bits per heavy atom. The average Bonchev–Trinajstić information content (AvgIpc) is 2.61. The van der Waals surface area contributed by atoms with Gasteiger partial charge in [0.25, 0.3) is 0 Å². The van der Waals surface area contributed by atoms with E-state index in [1.165, 1.54) is 32.1 Å². The fraction of sp³-hybridized carbons (Fsp3) is 0.571. The maximum absolute atomic E-state index is 5.94. The predicted molar refractivity (Wildman–Crippen MR) is 94.1 cm³/mol. The van der Waals surface area contributed by atoms with E-state index in [0.29, 0.717) is 30.4 Å². The molecule has 0 aromatic heterocycles. The molecule has 4 aliphatic rings. The van der Waals surface area contributed by atoms with E-state index in [-0.39, 0.29) is 5.60 Å². The Labute approximate surface area is 144 Å². The first kappa shape index (κ1) is 15.8. The van der Waals surface area contributed by atoms with Gasteiger partial charge in [-0.3, -0.25) is 0 Å². The topological polar surface area (TPSA) is 30.5 Å². The lowest BCUT2D eigenvalue weighted by molar-refractivity contribution is -0.157. The minimum absolute atomic E-state index is 0.150. The van der Waals surface area contributed by atoms with Crippen LogP contribution in [0.25, 0.3) is 0 Å². The molecule has 0 heterocycles. The quantitative estimate of drug-likeness (QED) is 0.633. The monoisotopic (exact) mass is 325 g/mol. The van der Waals surface area contributed by atoms with Crippen molar-refractivity contribution in [2.45, 2.75) is 50.4 Å². The molecule has 4 saturated carbocycles. The number of benzene rings is 1. The molecule has 24 heavy (non-hydrogen) atoms. The minimum atomic E-state index is 0.150. The third-order valence-corrected chi connectivity index (χ3v) is 6.33. The summed E-state index contributed by atoms with van der Waals surface area (Å²) in [7, 11) is 1.90. The summed E-state index contributed by atoms with van der Waals surface area (Å²) in [5, 5.41) is 3.63. The van der Waals surface area contributed by atoms with Crippen molar-refractivity contribution in [2.24, 2.45) is 17.8 Å². The molecule has 1 N–H and O–H groups in total. The van der Waals surface area contributed by atoms with Crippen molar-refractivity contribution in [3.8, 4) is 0 Å². The Balaban J connectivity index is 1.40. The molecule has 128 valence electrons. The van der Waals surface area contributed by atoms with Crippen molar-refractivity contribution < 1.29 is 9.47 Å². The number of rotatable bonds is 6. The van der Waals surface area contributed by atoms with E-state index in [1.807, 2.05) is 25.3 Å². The Morgan fingerprint density at radius 3 is 2.54 bits per heavy atom. The molecule has 0 saturated heterocycles. The van der Waals surface area contributed by atoms with Crippen molar-refractivity contribution in [1.29, 1.82) is 0 Å². The van der Waals surface area contributed by atoms with Crippen molar-refractivity contribution in [3.05, 3.63) is 54.1 Å². The molecular formula is C21H27NO2. The van der Waals surface area contributed by atoms with Crippen molar-refractivity contribution >= 4 is 0 Å². The lowest BCUT2D eigenvalue weighted by Gasteiger charge is -2.59. The highest BCUT2D eigenvalue weighted by Gasteiger charge is 2.55. The zero-order valence-corrected chi connectivity index (χ0v) is 14.5. The van der Waals surface area contributed by atoms with Crippen LogP contribution in [0.15, 0.2) is 48.5 Å². The van der Waals surface area contributed by atoms with Crippen LogP contribution in [-0.2, 0) is 16.1 Å². The highest BCUT2D eigenvalue weighted by Crippen LogP contribution is 2.57. The summed E-state index contributed by atoms with van der Waals surface area (Å²) in [4.78, 5) is 0. The van der Waals surface area contributed by atoms with Gasteiger partial charge in [-0.15, -0.1) is 0 Å². The van der Waals surface area contributed by atoms with Crippen LogP contribution in [-0.4, -0.2) is 18.8 Å². The minimum Gasteiger partial charge on any atom is -0.468 e. The highest BCUT2D eigenvalue weighted by molar-refractivity contribution is 5.14. The van der Waals surface area contributed by atoms with Gasteiger partial charge in [-0.05, 0) is 55.4 Å².